The summed E-state index contributed by atoms with van der Waals surface area (Å²) in [7, 11) is 0. The Morgan fingerprint density at radius 3 is 2.74 bits per heavy atom. The lowest BCUT2D eigenvalue weighted by Gasteiger charge is -2.21. The number of carboxylic acid groups (broad SMARTS) is 1. The Bertz CT molecular complexity index is 465. The number of aliphatic hydroxyl groups excluding tert-OH is 1. The van der Waals surface area contributed by atoms with Gasteiger partial charge in [0.15, 0.2) is 0 Å². The molecule has 2 rings (SSSR count). The number of rotatable bonds is 3. The Morgan fingerprint density at radius 2 is 2.11 bits per heavy atom. The summed E-state index contributed by atoms with van der Waals surface area (Å²) in [5.41, 5.74) is 0.870. The zero-order valence-corrected chi connectivity index (χ0v) is 10.2. The highest BCUT2D eigenvalue weighted by Crippen LogP contribution is 2.18. The van der Waals surface area contributed by atoms with Gasteiger partial charge >= 0.3 is 12.0 Å². The fourth-order valence-corrected chi connectivity index (χ4v) is 2.05. The van der Waals surface area contributed by atoms with Gasteiger partial charge in [-0.05, 0) is 17.7 Å². The predicted molar refractivity (Wildman–Crippen MR) is 65.2 cm³/mol. The zero-order valence-electron chi connectivity index (χ0n) is 10.2. The third kappa shape index (κ3) is 3.19. The van der Waals surface area contributed by atoms with Crippen LogP contribution in [0.1, 0.15) is 12.0 Å². The quantitative estimate of drug-likeness (QED) is 0.703. The van der Waals surface area contributed by atoms with Gasteiger partial charge in [0.25, 0.3) is 0 Å². The molecule has 1 aromatic heterocycles. The van der Waals surface area contributed by atoms with E-state index in [-0.39, 0.29) is 13.0 Å². The van der Waals surface area contributed by atoms with E-state index < -0.39 is 24.1 Å². The predicted octanol–water partition coefficient (Wildman–Crippen LogP) is -0.189. The van der Waals surface area contributed by atoms with E-state index in [1.54, 1.807) is 24.5 Å². The third-order valence-corrected chi connectivity index (χ3v) is 3.02. The van der Waals surface area contributed by atoms with E-state index in [9.17, 15) is 14.7 Å². The summed E-state index contributed by atoms with van der Waals surface area (Å²) < 4.78 is 0. The number of carboxylic acids is 1. The number of nitrogens with zero attached hydrogens (tertiary/aromatic N) is 2. The van der Waals surface area contributed by atoms with E-state index in [1.807, 2.05) is 0 Å². The van der Waals surface area contributed by atoms with Crippen LogP contribution in [-0.2, 0) is 11.3 Å². The smallest absolute Gasteiger partial charge is 0.326 e. The number of β-amino-alcohol motifs (C(OH)–C–C–N with tert-alkyl or cyclic N) is 1. The molecule has 2 amide bonds. The molecule has 2 atom stereocenters. The standard InChI is InChI=1S/C12H15N3O4/c16-9-5-10(11(17)18)15(7-9)12(19)14-6-8-1-3-13-4-2-8/h1-4,9-10,16H,5-7H2,(H,14,19)(H,17,18)/t9-,10+/m1/s1. The minimum atomic E-state index is -1.10. The molecule has 19 heavy (non-hydrogen) atoms. The maximum atomic E-state index is 11.9. The molecule has 3 N–H and O–H groups in total. The molecule has 7 nitrogen and oxygen atoms in total. The van der Waals surface area contributed by atoms with Gasteiger partial charge in [-0.1, -0.05) is 0 Å². The van der Waals surface area contributed by atoms with E-state index in [2.05, 4.69) is 10.3 Å². The first-order chi connectivity index (χ1) is 9.08. The van der Waals surface area contributed by atoms with Crippen molar-refractivity contribution in [2.45, 2.75) is 25.1 Å². The number of aromatic nitrogens is 1. The average Bonchev–Trinajstić information content (AvgIpc) is 2.79. The number of pyridine rings is 1. The lowest BCUT2D eigenvalue weighted by molar-refractivity contribution is -0.141. The molecule has 1 aliphatic heterocycles. The number of amides is 2. The number of aliphatic hydroxyl groups is 1. The van der Waals surface area contributed by atoms with E-state index in [1.165, 1.54) is 0 Å². The number of carbonyl (C=O) groups is 2. The highest BCUT2D eigenvalue weighted by atomic mass is 16.4. The normalized spacial score (nSPS) is 22.3. The molecule has 0 radical (unpaired) electrons. The SMILES string of the molecule is O=C(O)[C@@H]1C[C@@H](O)CN1C(=O)NCc1ccncc1. The molecule has 1 saturated heterocycles. The summed E-state index contributed by atoms with van der Waals surface area (Å²) in [5.74, 6) is -1.10. The second-order valence-electron chi connectivity index (χ2n) is 4.41. The van der Waals surface area contributed by atoms with Crippen LogP contribution in [0.4, 0.5) is 4.79 Å². The van der Waals surface area contributed by atoms with Crippen LogP contribution in [0.15, 0.2) is 24.5 Å². The molecule has 0 aromatic carbocycles. The summed E-state index contributed by atoms with van der Waals surface area (Å²) in [6.45, 7) is 0.333. The number of hydrogen-bond acceptors (Lipinski definition) is 4. The molecule has 102 valence electrons. The summed E-state index contributed by atoms with van der Waals surface area (Å²) in [6.07, 6.45) is 2.51. The molecule has 0 saturated carbocycles. The van der Waals surface area contributed by atoms with Crippen LogP contribution < -0.4 is 5.32 Å². The molecule has 2 heterocycles. The van der Waals surface area contributed by atoms with Gasteiger partial charge in [0.2, 0.25) is 0 Å². The van der Waals surface area contributed by atoms with Crippen LogP contribution in [0.5, 0.6) is 0 Å². The number of likely N-dealkylation sites (tertiary alicyclic amines) is 1. The van der Waals surface area contributed by atoms with E-state index in [0.29, 0.717) is 6.54 Å². The molecule has 0 unspecified atom stereocenters. The van der Waals surface area contributed by atoms with Crippen molar-refractivity contribution in [1.29, 1.82) is 0 Å². The molecular formula is C12H15N3O4. The highest BCUT2D eigenvalue weighted by molar-refractivity contribution is 5.83. The topological polar surface area (TPSA) is 103 Å². The van der Waals surface area contributed by atoms with E-state index in [0.717, 1.165) is 10.5 Å². The maximum absolute atomic E-state index is 11.9. The molecule has 1 fully saturated rings. The molecular weight excluding hydrogens is 250 g/mol. The van der Waals surface area contributed by atoms with Gasteiger partial charge in [-0.3, -0.25) is 4.98 Å². The summed E-state index contributed by atoms with van der Waals surface area (Å²) in [5, 5.41) is 21.1. The fraction of sp³-hybridized carbons (Fsp3) is 0.417. The van der Waals surface area contributed by atoms with Crippen LogP contribution in [-0.4, -0.2) is 50.8 Å². The molecule has 7 heteroatoms. The van der Waals surface area contributed by atoms with Crippen molar-refractivity contribution < 1.29 is 19.8 Å². The van der Waals surface area contributed by atoms with Crippen LogP contribution in [0, 0.1) is 0 Å². The number of nitrogens with one attached hydrogen (secondary N) is 1. The van der Waals surface area contributed by atoms with E-state index in [4.69, 9.17) is 5.11 Å². The Balaban J connectivity index is 1.94. The monoisotopic (exact) mass is 265 g/mol. The number of hydrogen-bond donors (Lipinski definition) is 3. The fourth-order valence-electron chi connectivity index (χ4n) is 2.05. The molecule has 1 aliphatic rings. The van der Waals surface area contributed by atoms with Crippen LogP contribution in [0.2, 0.25) is 0 Å². The number of urea groups is 1. The summed E-state index contributed by atoms with van der Waals surface area (Å²) in [6, 6.07) is 2.06. The van der Waals surface area contributed by atoms with Gasteiger partial charge in [0.05, 0.1) is 6.10 Å². The van der Waals surface area contributed by atoms with Crippen LogP contribution >= 0.6 is 0 Å². The van der Waals surface area contributed by atoms with Crippen molar-refractivity contribution in [3.63, 3.8) is 0 Å². The Labute approximate surface area is 109 Å². The minimum Gasteiger partial charge on any atom is -0.480 e. The average molecular weight is 265 g/mol. The Morgan fingerprint density at radius 1 is 1.42 bits per heavy atom. The van der Waals surface area contributed by atoms with Crippen LogP contribution in [0.25, 0.3) is 0 Å². The van der Waals surface area contributed by atoms with Crippen LogP contribution in [0.3, 0.4) is 0 Å². The molecule has 0 bridgehead atoms. The Kier molecular flexibility index (Phi) is 3.96. The first-order valence-electron chi connectivity index (χ1n) is 5.92. The first-order valence-corrected chi connectivity index (χ1v) is 5.92. The van der Waals surface area contributed by atoms with Gasteiger partial charge in [0, 0.05) is 31.9 Å². The highest BCUT2D eigenvalue weighted by Gasteiger charge is 2.38. The van der Waals surface area contributed by atoms with Gasteiger partial charge in [-0.2, -0.15) is 0 Å². The second-order valence-corrected chi connectivity index (χ2v) is 4.41. The molecule has 0 spiro atoms. The summed E-state index contributed by atoms with van der Waals surface area (Å²) in [4.78, 5) is 27.9. The maximum Gasteiger partial charge on any atom is 0.326 e. The van der Waals surface area contributed by atoms with Gasteiger partial charge in [-0.25, -0.2) is 9.59 Å². The molecule has 0 aliphatic carbocycles. The number of carbonyl (C=O) groups excluding carboxylic acids is 1. The minimum absolute atomic E-state index is 0.0408. The Hall–Kier alpha value is -2.15. The van der Waals surface area contributed by atoms with E-state index >= 15 is 0 Å². The van der Waals surface area contributed by atoms with Crippen molar-refractivity contribution in [3.8, 4) is 0 Å². The number of aliphatic carboxylic acids is 1. The summed E-state index contributed by atoms with van der Waals surface area (Å²) >= 11 is 0. The third-order valence-electron chi connectivity index (χ3n) is 3.02. The van der Waals surface area contributed by atoms with Crippen molar-refractivity contribution >= 4 is 12.0 Å². The lowest BCUT2D eigenvalue weighted by atomic mass is 10.2. The van der Waals surface area contributed by atoms with Gasteiger partial charge in [-0.15, -0.1) is 0 Å². The van der Waals surface area contributed by atoms with Crippen molar-refractivity contribution in [2.24, 2.45) is 0 Å². The van der Waals surface area contributed by atoms with Crippen molar-refractivity contribution in [1.82, 2.24) is 15.2 Å². The van der Waals surface area contributed by atoms with Gasteiger partial charge in [0.1, 0.15) is 6.04 Å². The second kappa shape index (κ2) is 5.66. The van der Waals surface area contributed by atoms with Crippen molar-refractivity contribution in [2.75, 3.05) is 6.54 Å². The van der Waals surface area contributed by atoms with Crippen molar-refractivity contribution in [3.05, 3.63) is 30.1 Å². The largest absolute Gasteiger partial charge is 0.480 e. The lowest BCUT2D eigenvalue weighted by Crippen LogP contribution is -2.45. The molecule has 1 aromatic rings. The first kappa shape index (κ1) is 13.3. The van der Waals surface area contributed by atoms with Gasteiger partial charge < -0.3 is 20.4 Å². The zero-order chi connectivity index (χ0) is 13.8.